The number of nitrogens with zero attached hydrogens (tertiary/aromatic N) is 4. The van der Waals surface area contributed by atoms with Crippen LogP contribution in [0.1, 0.15) is 45.4 Å². The van der Waals surface area contributed by atoms with Crippen LogP contribution in [-0.2, 0) is 11.2 Å². The molecule has 1 aliphatic rings. The van der Waals surface area contributed by atoms with Crippen molar-refractivity contribution in [2.45, 2.75) is 46.0 Å². The van der Waals surface area contributed by atoms with Crippen LogP contribution in [0.5, 0.6) is 0 Å². The lowest BCUT2D eigenvalue weighted by molar-refractivity contribution is -0.384. The molecule has 0 unspecified atom stereocenters. The molecule has 0 atom stereocenters. The Labute approximate surface area is 164 Å². The zero-order valence-corrected chi connectivity index (χ0v) is 16.3. The van der Waals surface area contributed by atoms with Crippen LogP contribution in [-0.4, -0.2) is 39.0 Å². The number of aromatic nitrogens is 2. The molecular weight excluding hydrogens is 360 g/mol. The van der Waals surface area contributed by atoms with E-state index in [2.05, 4.69) is 24.0 Å². The molecule has 1 aromatic carbocycles. The summed E-state index contributed by atoms with van der Waals surface area (Å²) >= 11 is 0. The molecule has 1 fully saturated rings. The van der Waals surface area contributed by atoms with Crippen molar-refractivity contribution in [1.82, 2.24) is 15.0 Å². The first-order chi connectivity index (χ1) is 13.4. The quantitative estimate of drug-likeness (QED) is 0.504. The Morgan fingerprint density at radius 2 is 2.11 bits per heavy atom. The molecule has 8 nitrogen and oxygen atoms in total. The van der Waals surface area contributed by atoms with Crippen molar-refractivity contribution >= 4 is 11.6 Å². The molecule has 1 amide bonds. The van der Waals surface area contributed by atoms with E-state index in [0.29, 0.717) is 42.7 Å². The highest BCUT2D eigenvalue weighted by Crippen LogP contribution is 2.27. The fraction of sp³-hybridized carbons (Fsp3) is 0.550. The summed E-state index contributed by atoms with van der Waals surface area (Å²) in [5.74, 6) is 1.49. The van der Waals surface area contributed by atoms with Gasteiger partial charge in [-0.2, -0.15) is 4.98 Å². The number of hydrogen-bond donors (Lipinski definition) is 0. The molecule has 0 spiro atoms. The molecule has 0 N–H and O–H groups in total. The molecule has 0 bridgehead atoms. The van der Waals surface area contributed by atoms with E-state index in [0.717, 1.165) is 25.7 Å². The van der Waals surface area contributed by atoms with E-state index in [4.69, 9.17) is 4.52 Å². The van der Waals surface area contributed by atoms with Crippen LogP contribution in [0.2, 0.25) is 0 Å². The van der Waals surface area contributed by atoms with Crippen molar-refractivity contribution in [3.63, 3.8) is 0 Å². The van der Waals surface area contributed by atoms with Crippen LogP contribution in [0.15, 0.2) is 28.8 Å². The second kappa shape index (κ2) is 8.95. The van der Waals surface area contributed by atoms with E-state index in [1.807, 2.05) is 4.90 Å². The smallest absolute Gasteiger partial charge is 0.270 e. The van der Waals surface area contributed by atoms with Gasteiger partial charge < -0.3 is 9.42 Å². The van der Waals surface area contributed by atoms with Gasteiger partial charge in [0.15, 0.2) is 0 Å². The number of non-ortho nitro benzene ring substituents is 1. The summed E-state index contributed by atoms with van der Waals surface area (Å²) in [6.45, 7) is 5.44. The van der Waals surface area contributed by atoms with E-state index in [1.165, 1.54) is 12.1 Å². The average molecular weight is 386 g/mol. The molecule has 2 aromatic rings. The molecule has 150 valence electrons. The van der Waals surface area contributed by atoms with Gasteiger partial charge in [-0.05, 0) is 18.8 Å². The molecular formula is C20H26N4O4. The highest BCUT2D eigenvalue weighted by atomic mass is 16.6. The monoisotopic (exact) mass is 386 g/mol. The number of amides is 1. The lowest BCUT2D eigenvalue weighted by Gasteiger charge is -2.26. The van der Waals surface area contributed by atoms with Gasteiger partial charge in [0.1, 0.15) is 0 Å². The van der Waals surface area contributed by atoms with E-state index < -0.39 is 4.92 Å². The van der Waals surface area contributed by atoms with Gasteiger partial charge >= 0.3 is 0 Å². The summed E-state index contributed by atoms with van der Waals surface area (Å²) in [6.07, 6.45) is 4.67. The van der Waals surface area contributed by atoms with Gasteiger partial charge in [-0.3, -0.25) is 14.9 Å². The lowest BCUT2D eigenvalue weighted by atomic mass is 10.1. The average Bonchev–Trinajstić information content (AvgIpc) is 3.36. The minimum atomic E-state index is -0.455. The maximum absolute atomic E-state index is 12.8. The van der Waals surface area contributed by atoms with Crippen molar-refractivity contribution in [1.29, 1.82) is 0 Å². The van der Waals surface area contributed by atoms with Gasteiger partial charge in [-0.1, -0.05) is 44.0 Å². The van der Waals surface area contributed by atoms with Gasteiger partial charge in [-0.15, -0.1) is 0 Å². The number of carbonyl (C=O) groups excluding carboxylic acids is 1. The summed E-state index contributed by atoms with van der Waals surface area (Å²) in [7, 11) is 0. The van der Waals surface area contributed by atoms with Gasteiger partial charge in [0.2, 0.25) is 17.6 Å². The summed E-state index contributed by atoms with van der Waals surface area (Å²) in [6, 6.07) is 6.14. The van der Waals surface area contributed by atoms with Crippen LogP contribution < -0.4 is 0 Å². The number of benzene rings is 1. The maximum atomic E-state index is 12.8. The van der Waals surface area contributed by atoms with Crippen molar-refractivity contribution in [3.05, 3.63) is 40.3 Å². The fourth-order valence-electron chi connectivity index (χ4n) is 3.63. The molecule has 28 heavy (non-hydrogen) atoms. The zero-order valence-electron chi connectivity index (χ0n) is 16.3. The number of nitro groups is 1. The van der Waals surface area contributed by atoms with Gasteiger partial charge in [-0.25, -0.2) is 0 Å². The summed E-state index contributed by atoms with van der Waals surface area (Å²) < 4.78 is 5.31. The molecule has 1 aromatic heterocycles. The Morgan fingerprint density at radius 3 is 2.79 bits per heavy atom. The summed E-state index contributed by atoms with van der Waals surface area (Å²) in [4.78, 5) is 29.6. The van der Waals surface area contributed by atoms with Crippen molar-refractivity contribution in [3.8, 4) is 11.4 Å². The van der Waals surface area contributed by atoms with Gasteiger partial charge in [0.05, 0.1) is 4.92 Å². The number of nitro benzene ring substituents is 1. The van der Waals surface area contributed by atoms with E-state index in [9.17, 15) is 14.9 Å². The first-order valence-electron chi connectivity index (χ1n) is 9.80. The lowest BCUT2D eigenvalue weighted by Crippen LogP contribution is -2.39. The van der Waals surface area contributed by atoms with Crippen LogP contribution in [0.25, 0.3) is 11.4 Å². The maximum Gasteiger partial charge on any atom is 0.270 e. The zero-order chi connectivity index (χ0) is 20.1. The molecule has 0 radical (unpaired) electrons. The van der Waals surface area contributed by atoms with Crippen LogP contribution in [0.3, 0.4) is 0 Å². The van der Waals surface area contributed by atoms with E-state index >= 15 is 0 Å². The number of carbonyl (C=O) groups is 1. The first-order valence-corrected chi connectivity index (χ1v) is 9.80. The van der Waals surface area contributed by atoms with E-state index in [1.54, 1.807) is 12.1 Å². The van der Waals surface area contributed by atoms with Gasteiger partial charge in [0.25, 0.3) is 5.69 Å². The second-order valence-corrected chi connectivity index (χ2v) is 7.73. The molecule has 1 saturated carbocycles. The Kier molecular flexibility index (Phi) is 6.38. The normalized spacial score (nSPS) is 14.5. The van der Waals surface area contributed by atoms with Gasteiger partial charge in [0, 0.05) is 43.1 Å². The highest BCUT2D eigenvalue weighted by Gasteiger charge is 2.27. The molecule has 3 rings (SSSR count). The Hall–Kier alpha value is -2.77. The molecule has 1 aliphatic carbocycles. The Balaban J connectivity index is 1.66. The minimum absolute atomic E-state index is 0.0193. The van der Waals surface area contributed by atoms with Crippen molar-refractivity contribution in [2.24, 2.45) is 11.8 Å². The van der Waals surface area contributed by atoms with Crippen LogP contribution >= 0.6 is 0 Å². The Bertz CT molecular complexity index is 827. The SMILES string of the molecule is CC(C)CN(CCc1nc(-c2cccc([N+](=O)[O-])c2)no1)C(=O)C1CCCC1. The first kappa shape index (κ1) is 20.0. The predicted octanol–water partition coefficient (Wildman–Crippen LogP) is 3.86. The van der Waals surface area contributed by atoms with Crippen molar-refractivity contribution < 1.29 is 14.2 Å². The molecule has 0 aliphatic heterocycles. The summed E-state index contributed by atoms with van der Waals surface area (Å²) in [5, 5.41) is 14.9. The molecule has 8 heteroatoms. The largest absolute Gasteiger partial charge is 0.342 e. The van der Waals surface area contributed by atoms with Crippen LogP contribution in [0.4, 0.5) is 5.69 Å². The highest BCUT2D eigenvalue weighted by molar-refractivity contribution is 5.79. The third kappa shape index (κ3) is 4.94. The minimum Gasteiger partial charge on any atom is -0.342 e. The molecule has 0 saturated heterocycles. The van der Waals surface area contributed by atoms with Crippen molar-refractivity contribution in [2.75, 3.05) is 13.1 Å². The number of rotatable bonds is 8. The predicted molar refractivity (Wildman–Crippen MR) is 103 cm³/mol. The Morgan fingerprint density at radius 1 is 1.36 bits per heavy atom. The standard InChI is InChI=1S/C20H26N4O4/c1-14(2)13-23(20(25)15-6-3-4-7-15)11-10-18-21-19(22-28-18)16-8-5-9-17(12-16)24(26)27/h5,8-9,12,14-15H,3-4,6-7,10-11,13H2,1-2H3. The number of hydrogen-bond acceptors (Lipinski definition) is 6. The third-order valence-electron chi connectivity index (χ3n) is 4.98. The third-order valence-corrected chi connectivity index (χ3v) is 4.98. The van der Waals surface area contributed by atoms with Crippen LogP contribution in [0, 0.1) is 22.0 Å². The molecule has 1 heterocycles. The topological polar surface area (TPSA) is 102 Å². The summed E-state index contributed by atoms with van der Waals surface area (Å²) in [5.41, 5.74) is 0.513. The van der Waals surface area contributed by atoms with E-state index in [-0.39, 0.29) is 17.5 Å². The fourth-order valence-corrected chi connectivity index (χ4v) is 3.63. The second-order valence-electron chi connectivity index (χ2n) is 7.73.